The van der Waals surface area contributed by atoms with Gasteiger partial charge in [0.25, 0.3) is 0 Å². The zero-order chi connectivity index (χ0) is 30.1. The minimum absolute atomic E-state index is 0.0525. The van der Waals surface area contributed by atoms with Gasteiger partial charge >= 0.3 is 0 Å². The molecule has 0 saturated carbocycles. The van der Waals surface area contributed by atoms with Gasteiger partial charge in [0.2, 0.25) is 5.91 Å². The highest BCUT2D eigenvalue weighted by molar-refractivity contribution is 5.87. The lowest BCUT2D eigenvalue weighted by Gasteiger charge is -2.20. The Bertz CT molecular complexity index is 1660. The van der Waals surface area contributed by atoms with Crippen LogP contribution >= 0.6 is 0 Å². The quantitative estimate of drug-likeness (QED) is 0.161. The van der Waals surface area contributed by atoms with Crippen LogP contribution in [0.3, 0.4) is 0 Å². The van der Waals surface area contributed by atoms with Gasteiger partial charge in [-0.15, -0.1) is 0 Å². The molecule has 1 aliphatic heterocycles. The summed E-state index contributed by atoms with van der Waals surface area (Å²) in [5, 5.41) is 4.37. The molecule has 1 amide bonds. The number of carbonyl (C=O) groups is 1. The van der Waals surface area contributed by atoms with Gasteiger partial charge in [0.05, 0.1) is 7.11 Å². The van der Waals surface area contributed by atoms with Gasteiger partial charge in [0.15, 0.2) is 11.5 Å². The number of nitrogens with one attached hydrogen (secondary N) is 1. The highest BCUT2D eigenvalue weighted by atomic mass is 16.5. The van der Waals surface area contributed by atoms with Crippen LogP contribution in [-0.2, 0) is 17.9 Å². The Morgan fingerprint density at radius 3 is 2.30 bits per heavy atom. The maximum atomic E-state index is 13.5. The number of hydrogen-bond donors (Lipinski definition) is 1. The molecule has 1 N–H and O–H groups in total. The number of fused-ring (bicyclic) bond motifs is 1. The third-order valence-corrected chi connectivity index (χ3v) is 8.56. The zero-order valence-corrected chi connectivity index (χ0v) is 25.5. The Hall–Kier alpha value is -4.55. The van der Waals surface area contributed by atoms with Crippen LogP contribution in [0.5, 0.6) is 11.5 Å². The molecule has 0 aliphatic carbocycles. The SMILES string of the molecule is COc1ccc(C(CC(=O)NCCN2CCCC2)c2cn(Cc3ccccc3)c3ccccc23)cc1OCc1ccccc1. The molecule has 1 aromatic heterocycles. The van der Waals surface area contributed by atoms with Crippen molar-refractivity contribution in [3.8, 4) is 11.5 Å². The second-order valence-corrected chi connectivity index (χ2v) is 11.6. The number of carbonyl (C=O) groups excluding carboxylic acids is 1. The van der Waals surface area contributed by atoms with Gasteiger partial charge in [-0.2, -0.15) is 0 Å². The number of nitrogens with zero attached hydrogens (tertiary/aromatic N) is 2. The maximum absolute atomic E-state index is 13.5. The van der Waals surface area contributed by atoms with E-state index in [0.717, 1.165) is 53.8 Å². The number of ether oxygens (including phenoxy) is 2. The average molecular weight is 588 g/mol. The topological polar surface area (TPSA) is 55.7 Å². The predicted octanol–water partition coefficient (Wildman–Crippen LogP) is 7.01. The first-order valence-corrected chi connectivity index (χ1v) is 15.6. The van der Waals surface area contributed by atoms with E-state index >= 15 is 0 Å². The van der Waals surface area contributed by atoms with E-state index in [2.05, 4.69) is 75.6 Å². The first-order chi connectivity index (χ1) is 21.7. The summed E-state index contributed by atoms with van der Waals surface area (Å²) in [6.45, 7) is 4.99. The predicted molar refractivity (Wildman–Crippen MR) is 176 cm³/mol. The molecule has 1 atom stereocenters. The van der Waals surface area contributed by atoms with Crippen molar-refractivity contribution in [3.63, 3.8) is 0 Å². The molecule has 1 fully saturated rings. The van der Waals surface area contributed by atoms with Gasteiger partial charge in [-0.05, 0) is 66.4 Å². The number of amides is 1. The van der Waals surface area contributed by atoms with E-state index < -0.39 is 0 Å². The summed E-state index contributed by atoms with van der Waals surface area (Å²) in [6, 6.07) is 35.2. The third kappa shape index (κ3) is 7.14. The van der Waals surface area contributed by atoms with Gasteiger partial charge in [-0.3, -0.25) is 4.79 Å². The van der Waals surface area contributed by atoms with E-state index in [-0.39, 0.29) is 11.8 Å². The van der Waals surface area contributed by atoms with Crippen molar-refractivity contribution in [1.29, 1.82) is 0 Å². The summed E-state index contributed by atoms with van der Waals surface area (Å²) in [7, 11) is 1.66. The lowest BCUT2D eigenvalue weighted by Crippen LogP contribution is -2.34. The van der Waals surface area contributed by atoms with E-state index in [1.165, 1.54) is 18.4 Å². The van der Waals surface area contributed by atoms with Gasteiger partial charge in [-0.25, -0.2) is 0 Å². The fraction of sp³-hybridized carbons (Fsp3) is 0.289. The van der Waals surface area contributed by atoms with Crippen molar-refractivity contribution >= 4 is 16.8 Å². The lowest BCUT2D eigenvalue weighted by atomic mass is 9.87. The first-order valence-electron chi connectivity index (χ1n) is 15.6. The first kappa shape index (κ1) is 29.5. The molecule has 1 unspecified atom stereocenters. The second kappa shape index (κ2) is 14.3. The molecule has 6 rings (SSSR count). The fourth-order valence-corrected chi connectivity index (χ4v) is 6.25. The molecule has 226 valence electrons. The Labute approximate surface area is 260 Å². The van der Waals surface area contributed by atoms with Gasteiger partial charge < -0.3 is 24.3 Å². The van der Waals surface area contributed by atoms with Crippen molar-refractivity contribution in [2.24, 2.45) is 0 Å². The molecule has 0 bridgehead atoms. The number of methoxy groups -OCH3 is 1. The Morgan fingerprint density at radius 2 is 1.55 bits per heavy atom. The Morgan fingerprint density at radius 1 is 0.841 bits per heavy atom. The molecular weight excluding hydrogens is 546 g/mol. The highest BCUT2D eigenvalue weighted by Gasteiger charge is 2.24. The van der Waals surface area contributed by atoms with Crippen LogP contribution < -0.4 is 14.8 Å². The van der Waals surface area contributed by atoms with Crippen LogP contribution in [0.4, 0.5) is 0 Å². The van der Waals surface area contributed by atoms with Gasteiger partial charge in [0.1, 0.15) is 6.61 Å². The summed E-state index contributed by atoms with van der Waals surface area (Å²) < 4.78 is 14.3. The normalized spacial score (nSPS) is 14.0. The van der Waals surface area contributed by atoms with E-state index in [1.807, 2.05) is 48.5 Å². The molecule has 5 aromatic rings. The molecule has 1 aliphatic rings. The molecule has 6 nitrogen and oxygen atoms in total. The van der Waals surface area contributed by atoms with Crippen LogP contribution in [0, 0.1) is 0 Å². The number of hydrogen-bond acceptors (Lipinski definition) is 4. The van der Waals surface area contributed by atoms with Crippen molar-refractivity contribution in [2.45, 2.75) is 38.3 Å². The Kier molecular flexibility index (Phi) is 9.58. The lowest BCUT2D eigenvalue weighted by molar-refractivity contribution is -0.121. The summed E-state index contributed by atoms with van der Waals surface area (Å²) in [6.07, 6.45) is 5.06. The van der Waals surface area contributed by atoms with Crippen LogP contribution in [0.25, 0.3) is 10.9 Å². The average Bonchev–Trinajstić information content (AvgIpc) is 3.72. The molecule has 44 heavy (non-hydrogen) atoms. The molecule has 0 radical (unpaired) electrons. The maximum Gasteiger partial charge on any atom is 0.220 e. The van der Waals surface area contributed by atoms with Crippen molar-refractivity contribution in [1.82, 2.24) is 14.8 Å². The molecule has 2 heterocycles. The monoisotopic (exact) mass is 587 g/mol. The zero-order valence-electron chi connectivity index (χ0n) is 25.5. The molecular formula is C38H41N3O3. The van der Waals surface area contributed by atoms with Gasteiger partial charge in [-0.1, -0.05) is 84.9 Å². The van der Waals surface area contributed by atoms with Crippen molar-refractivity contribution < 1.29 is 14.3 Å². The molecule has 4 aromatic carbocycles. The van der Waals surface area contributed by atoms with E-state index in [4.69, 9.17) is 9.47 Å². The van der Waals surface area contributed by atoms with Crippen molar-refractivity contribution in [2.75, 3.05) is 33.3 Å². The minimum Gasteiger partial charge on any atom is -0.493 e. The van der Waals surface area contributed by atoms with Crippen LogP contribution in [-0.4, -0.2) is 48.7 Å². The summed E-state index contributed by atoms with van der Waals surface area (Å²) >= 11 is 0. The number of para-hydroxylation sites is 1. The third-order valence-electron chi connectivity index (χ3n) is 8.56. The van der Waals surface area contributed by atoms with E-state index in [9.17, 15) is 4.79 Å². The molecule has 0 spiro atoms. The smallest absolute Gasteiger partial charge is 0.220 e. The van der Waals surface area contributed by atoms with Crippen LogP contribution in [0.1, 0.15) is 47.4 Å². The number of aromatic nitrogens is 1. The molecule has 6 heteroatoms. The van der Waals surface area contributed by atoms with E-state index in [1.54, 1.807) is 7.11 Å². The number of likely N-dealkylation sites (tertiary alicyclic amines) is 1. The largest absolute Gasteiger partial charge is 0.493 e. The Balaban J connectivity index is 1.33. The summed E-state index contributed by atoms with van der Waals surface area (Å²) in [4.78, 5) is 16.0. The fourth-order valence-electron chi connectivity index (χ4n) is 6.25. The number of rotatable bonds is 13. The minimum atomic E-state index is -0.173. The summed E-state index contributed by atoms with van der Waals surface area (Å²) in [5.74, 6) is 1.22. The second-order valence-electron chi connectivity index (χ2n) is 11.6. The highest BCUT2D eigenvalue weighted by Crippen LogP contribution is 2.39. The standard InChI is InChI=1S/C38H41N3O3/c1-43-36-19-18-31(24-37(36)44-28-30-14-6-3-7-15-30)33(25-38(42)39-20-23-40-21-10-11-22-40)34-27-41(26-29-12-4-2-5-13-29)35-17-9-8-16-32(34)35/h2-9,12-19,24,27,33H,10-11,20-23,25-26,28H2,1H3,(H,39,42). The molecule has 1 saturated heterocycles. The number of benzene rings is 4. The van der Waals surface area contributed by atoms with Gasteiger partial charge in [0, 0.05) is 49.1 Å². The van der Waals surface area contributed by atoms with Crippen LogP contribution in [0.15, 0.2) is 109 Å². The van der Waals surface area contributed by atoms with Crippen molar-refractivity contribution in [3.05, 3.63) is 132 Å². The van der Waals surface area contributed by atoms with Crippen LogP contribution in [0.2, 0.25) is 0 Å². The summed E-state index contributed by atoms with van der Waals surface area (Å²) in [5.41, 5.74) is 5.62. The van der Waals surface area contributed by atoms with E-state index in [0.29, 0.717) is 31.1 Å².